The standard InChI is InChI=1S/C5H12Cl2Si/c1-2-3-4-8-5(6)7/h5H,2-4,8H2,1H3. The number of halogens is 2. The van der Waals surface area contributed by atoms with Gasteiger partial charge in [-0.3, -0.25) is 0 Å². The molecular weight excluding hydrogens is 159 g/mol. The summed E-state index contributed by atoms with van der Waals surface area (Å²) < 4.78 is -0.0125. The summed E-state index contributed by atoms with van der Waals surface area (Å²) in [6.07, 6.45) is 2.58. The Kier molecular flexibility index (Phi) is 6.52. The summed E-state index contributed by atoms with van der Waals surface area (Å²) in [5.41, 5.74) is 0. The van der Waals surface area contributed by atoms with E-state index in [0.29, 0.717) is 0 Å². The highest BCUT2D eigenvalue weighted by atomic mass is 35.5. The highest BCUT2D eigenvalue weighted by molar-refractivity contribution is 6.68. The molecule has 0 aliphatic heterocycles. The Hall–Kier alpha value is 0.797. The van der Waals surface area contributed by atoms with Gasteiger partial charge in [-0.05, 0) is 0 Å². The molecule has 0 aromatic rings. The van der Waals surface area contributed by atoms with Crippen LogP contribution in [0.4, 0.5) is 0 Å². The average Bonchev–Trinajstić information content (AvgIpc) is 1.66. The molecule has 0 aromatic heterocycles. The topological polar surface area (TPSA) is 0 Å². The van der Waals surface area contributed by atoms with Crippen LogP contribution in [-0.2, 0) is 0 Å². The number of alkyl halides is 2. The van der Waals surface area contributed by atoms with Crippen molar-refractivity contribution in [3.05, 3.63) is 0 Å². The van der Waals surface area contributed by atoms with Gasteiger partial charge in [-0.15, -0.1) is 23.2 Å². The van der Waals surface area contributed by atoms with E-state index in [0.717, 1.165) is 0 Å². The maximum Gasteiger partial charge on any atom is 0.0908 e. The van der Waals surface area contributed by atoms with E-state index in [4.69, 9.17) is 23.2 Å². The smallest absolute Gasteiger partial charge is 0.0908 e. The number of unbranched alkanes of at least 4 members (excludes halogenated alkanes) is 1. The second-order valence-corrected chi connectivity index (χ2v) is 6.30. The third-order valence-electron chi connectivity index (χ3n) is 1.03. The lowest BCUT2D eigenvalue weighted by molar-refractivity contribution is 0.879. The zero-order valence-corrected chi connectivity index (χ0v) is 8.09. The summed E-state index contributed by atoms with van der Waals surface area (Å²) >= 11 is 11.1. The molecule has 0 atom stereocenters. The van der Waals surface area contributed by atoms with E-state index < -0.39 is 0 Å². The minimum atomic E-state index is -0.134. The van der Waals surface area contributed by atoms with E-state index in [9.17, 15) is 0 Å². The van der Waals surface area contributed by atoms with Crippen LogP contribution in [-0.4, -0.2) is 14.0 Å². The highest BCUT2D eigenvalue weighted by Gasteiger charge is 1.96. The molecule has 0 spiro atoms. The highest BCUT2D eigenvalue weighted by Crippen LogP contribution is 2.03. The van der Waals surface area contributed by atoms with Crippen LogP contribution in [0.25, 0.3) is 0 Å². The molecule has 0 saturated heterocycles. The molecule has 0 fully saturated rings. The molecule has 0 unspecified atom stereocenters. The Bertz CT molecular complexity index is 47.7. The van der Waals surface area contributed by atoms with E-state index in [1.165, 1.54) is 18.9 Å². The largest absolute Gasteiger partial charge is 0.110 e. The van der Waals surface area contributed by atoms with Gasteiger partial charge >= 0.3 is 0 Å². The maximum absolute atomic E-state index is 5.54. The van der Waals surface area contributed by atoms with Crippen LogP contribution in [0, 0.1) is 0 Å². The monoisotopic (exact) mass is 170 g/mol. The van der Waals surface area contributed by atoms with E-state index >= 15 is 0 Å². The van der Waals surface area contributed by atoms with Gasteiger partial charge in [-0.1, -0.05) is 25.8 Å². The van der Waals surface area contributed by atoms with E-state index in [1.54, 1.807) is 0 Å². The molecule has 8 heavy (non-hydrogen) atoms. The van der Waals surface area contributed by atoms with Crippen molar-refractivity contribution >= 4 is 32.7 Å². The molecule has 0 nitrogen and oxygen atoms in total. The summed E-state index contributed by atoms with van der Waals surface area (Å²) in [6, 6.07) is 1.30. The van der Waals surface area contributed by atoms with Crippen LogP contribution in [0.3, 0.4) is 0 Å². The fourth-order valence-electron chi connectivity index (χ4n) is 0.549. The van der Waals surface area contributed by atoms with Crippen LogP contribution in [0.2, 0.25) is 6.04 Å². The summed E-state index contributed by atoms with van der Waals surface area (Å²) in [5, 5.41) is 0. The number of hydrogen-bond acceptors (Lipinski definition) is 0. The van der Waals surface area contributed by atoms with Crippen LogP contribution in [0.15, 0.2) is 0 Å². The first-order valence-corrected chi connectivity index (χ1v) is 5.74. The van der Waals surface area contributed by atoms with Crippen molar-refractivity contribution < 1.29 is 0 Å². The van der Waals surface area contributed by atoms with E-state index in [2.05, 4.69) is 6.92 Å². The Morgan fingerprint density at radius 3 is 2.50 bits per heavy atom. The van der Waals surface area contributed by atoms with Gasteiger partial charge in [0.05, 0.1) is 14.0 Å². The summed E-state index contributed by atoms with van der Waals surface area (Å²) in [6.45, 7) is 2.19. The zero-order valence-electron chi connectivity index (χ0n) is 5.16. The van der Waals surface area contributed by atoms with Crippen molar-refractivity contribution in [1.29, 1.82) is 0 Å². The molecule has 0 aliphatic carbocycles. The van der Waals surface area contributed by atoms with Gasteiger partial charge < -0.3 is 0 Å². The molecule has 0 aliphatic rings. The SMILES string of the molecule is CCCC[SiH2]C(Cl)Cl. The molecule has 0 aromatic carbocycles. The van der Waals surface area contributed by atoms with Gasteiger partial charge in [0.2, 0.25) is 0 Å². The van der Waals surface area contributed by atoms with Gasteiger partial charge in [-0.25, -0.2) is 0 Å². The Morgan fingerprint density at radius 1 is 1.50 bits per heavy atom. The molecule has 0 radical (unpaired) electrons. The molecule has 0 heterocycles. The molecule has 3 heteroatoms. The minimum absolute atomic E-state index is 0.0125. The number of hydrogen-bond donors (Lipinski definition) is 0. The first kappa shape index (κ1) is 8.80. The Morgan fingerprint density at radius 2 is 2.12 bits per heavy atom. The van der Waals surface area contributed by atoms with Crippen molar-refractivity contribution in [2.45, 2.75) is 30.3 Å². The normalized spacial score (nSPS) is 12.0. The summed E-state index contributed by atoms with van der Waals surface area (Å²) in [7, 11) is -0.134. The third-order valence-corrected chi connectivity index (χ3v) is 3.68. The van der Waals surface area contributed by atoms with Crippen LogP contribution < -0.4 is 0 Å². The van der Waals surface area contributed by atoms with Crippen LogP contribution >= 0.6 is 23.2 Å². The number of rotatable bonds is 4. The second-order valence-electron chi connectivity index (χ2n) is 1.89. The van der Waals surface area contributed by atoms with Crippen molar-refractivity contribution in [2.75, 3.05) is 0 Å². The third kappa shape index (κ3) is 6.80. The molecule has 0 bridgehead atoms. The molecular formula is C5H12Cl2Si. The predicted octanol–water partition coefficient (Wildman–Crippen LogP) is 2.13. The fraction of sp³-hybridized carbons (Fsp3) is 1.00. The van der Waals surface area contributed by atoms with Crippen molar-refractivity contribution in [2.24, 2.45) is 0 Å². The predicted molar refractivity (Wildman–Crippen MR) is 43.8 cm³/mol. The molecule has 50 valence electrons. The first-order valence-electron chi connectivity index (χ1n) is 3.05. The van der Waals surface area contributed by atoms with Crippen LogP contribution in [0.1, 0.15) is 19.8 Å². The fourth-order valence-corrected chi connectivity index (χ4v) is 2.57. The Balaban J connectivity index is 2.72. The Labute approximate surface area is 63.4 Å². The van der Waals surface area contributed by atoms with Crippen molar-refractivity contribution in [3.8, 4) is 0 Å². The van der Waals surface area contributed by atoms with Gasteiger partial charge in [-0.2, -0.15) is 0 Å². The lowest BCUT2D eigenvalue weighted by atomic mass is 10.4. The quantitative estimate of drug-likeness (QED) is 0.345. The molecule has 0 rings (SSSR count). The average molecular weight is 171 g/mol. The first-order chi connectivity index (χ1) is 3.77. The molecule has 0 saturated carbocycles. The molecule has 0 amide bonds. The van der Waals surface area contributed by atoms with Gasteiger partial charge in [0.1, 0.15) is 0 Å². The lowest BCUT2D eigenvalue weighted by Crippen LogP contribution is -1.99. The molecule has 0 N–H and O–H groups in total. The maximum atomic E-state index is 5.54. The summed E-state index contributed by atoms with van der Waals surface area (Å²) in [5.74, 6) is 0. The van der Waals surface area contributed by atoms with Gasteiger partial charge in [0, 0.05) is 0 Å². The minimum Gasteiger partial charge on any atom is -0.110 e. The second kappa shape index (κ2) is 5.93. The lowest BCUT2D eigenvalue weighted by Gasteiger charge is -1.95. The zero-order chi connectivity index (χ0) is 6.41. The van der Waals surface area contributed by atoms with E-state index in [1.807, 2.05) is 0 Å². The van der Waals surface area contributed by atoms with E-state index in [-0.39, 0.29) is 14.0 Å². The van der Waals surface area contributed by atoms with Gasteiger partial charge in [0.15, 0.2) is 0 Å². The van der Waals surface area contributed by atoms with Crippen LogP contribution in [0.5, 0.6) is 0 Å². The summed E-state index contributed by atoms with van der Waals surface area (Å²) in [4.78, 5) is 0. The van der Waals surface area contributed by atoms with Crippen molar-refractivity contribution in [3.63, 3.8) is 0 Å². The van der Waals surface area contributed by atoms with Crippen molar-refractivity contribution in [1.82, 2.24) is 0 Å². The van der Waals surface area contributed by atoms with Gasteiger partial charge in [0.25, 0.3) is 0 Å².